The lowest BCUT2D eigenvalue weighted by Crippen LogP contribution is -2.24. The molecule has 0 spiro atoms. The van der Waals surface area contributed by atoms with E-state index in [1.807, 2.05) is 25.1 Å². The molecule has 6 nitrogen and oxygen atoms in total. The van der Waals surface area contributed by atoms with Gasteiger partial charge in [-0.15, -0.1) is 0 Å². The average Bonchev–Trinajstić information content (AvgIpc) is 2.74. The van der Waals surface area contributed by atoms with Crippen molar-refractivity contribution < 1.29 is 22.3 Å². The van der Waals surface area contributed by atoms with Crippen molar-refractivity contribution in [1.29, 1.82) is 0 Å². The van der Waals surface area contributed by atoms with Gasteiger partial charge in [0.05, 0.1) is 22.1 Å². The van der Waals surface area contributed by atoms with Crippen LogP contribution in [0.25, 0.3) is 0 Å². The first-order chi connectivity index (χ1) is 14.8. The van der Waals surface area contributed by atoms with Gasteiger partial charge in [0, 0.05) is 12.2 Å². The second kappa shape index (κ2) is 9.80. The molecule has 0 bridgehead atoms. The van der Waals surface area contributed by atoms with Crippen LogP contribution < -0.4 is 14.8 Å². The van der Waals surface area contributed by atoms with E-state index in [4.69, 9.17) is 16.3 Å². The first kappa shape index (κ1) is 22.6. The van der Waals surface area contributed by atoms with Crippen LogP contribution in [0.1, 0.15) is 22.8 Å². The predicted octanol–water partition coefficient (Wildman–Crippen LogP) is 4.61. The summed E-state index contributed by atoms with van der Waals surface area (Å²) < 4.78 is 46.1. The Morgan fingerprint density at radius 2 is 1.81 bits per heavy atom. The van der Waals surface area contributed by atoms with Gasteiger partial charge in [0.15, 0.2) is 0 Å². The molecule has 0 radical (unpaired) electrons. The number of hydrogen-bond acceptors (Lipinski definition) is 4. The number of rotatable bonds is 8. The van der Waals surface area contributed by atoms with Crippen LogP contribution in [0.15, 0.2) is 71.6 Å². The fourth-order valence-corrected chi connectivity index (χ4v) is 4.05. The molecule has 3 aromatic rings. The van der Waals surface area contributed by atoms with E-state index in [1.54, 1.807) is 6.07 Å². The van der Waals surface area contributed by atoms with E-state index in [9.17, 15) is 17.6 Å². The molecule has 162 valence electrons. The first-order valence-electron chi connectivity index (χ1n) is 9.36. The Labute approximate surface area is 185 Å². The highest BCUT2D eigenvalue weighted by molar-refractivity contribution is 7.92. The lowest BCUT2D eigenvalue weighted by atomic mass is 10.2. The molecule has 0 aliphatic carbocycles. The summed E-state index contributed by atoms with van der Waals surface area (Å²) in [7, 11) is -4.01. The van der Waals surface area contributed by atoms with E-state index >= 15 is 0 Å². The highest BCUT2D eigenvalue weighted by Gasteiger charge is 2.19. The first-order valence-corrected chi connectivity index (χ1v) is 11.2. The summed E-state index contributed by atoms with van der Waals surface area (Å²) >= 11 is 6.13. The van der Waals surface area contributed by atoms with E-state index in [0.717, 1.165) is 17.7 Å². The number of anilines is 1. The topological polar surface area (TPSA) is 84.5 Å². The quantitative estimate of drug-likeness (QED) is 0.512. The SMILES string of the molecule is CCOc1cccc(CNC(=O)c2cc(S(=O)(=O)Nc3ccc(F)cc3)ccc2Cl)c1. The summed E-state index contributed by atoms with van der Waals surface area (Å²) in [5, 5.41) is 2.84. The predicted molar refractivity (Wildman–Crippen MR) is 117 cm³/mol. The zero-order valence-corrected chi connectivity index (χ0v) is 18.1. The number of amides is 1. The van der Waals surface area contributed by atoms with Gasteiger partial charge >= 0.3 is 0 Å². The molecule has 0 saturated carbocycles. The number of sulfonamides is 1. The molecule has 0 aromatic heterocycles. The molecule has 31 heavy (non-hydrogen) atoms. The van der Waals surface area contributed by atoms with Crippen LogP contribution in [0.3, 0.4) is 0 Å². The van der Waals surface area contributed by atoms with E-state index < -0.39 is 21.7 Å². The number of nitrogens with one attached hydrogen (secondary N) is 2. The van der Waals surface area contributed by atoms with Gasteiger partial charge in [0.1, 0.15) is 11.6 Å². The maximum Gasteiger partial charge on any atom is 0.261 e. The van der Waals surface area contributed by atoms with Crippen LogP contribution in [0, 0.1) is 5.82 Å². The summed E-state index contributed by atoms with van der Waals surface area (Å²) in [5.41, 5.74) is 1.03. The highest BCUT2D eigenvalue weighted by Crippen LogP contribution is 2.23. The molecule has 0 aliphatic heterocycles. The normalized spacial score (nSPS) is 11.1. The molecule has 0 fully saturated rings. The summed E-state index contributed by atoms with van der Waals surface area (Å²) in [6.45, 7) is 2.61. The van der Waals surface area contributed by atoms with Crippen LogP contribution in [-0.2, 0) is 16.6 Å². The minimum atomic E-state index is -4.01. The van der Waals surface area contributed by atoms with Crippen LogP contribution >= 0.6 is 11.6 Å². The molecule has 0 saturated heterocycles. The summed E-state index contributed by atoms with van der Waals surface area (Å²) in [6.07, 6.45) is 0. The monoisotopic (exact) mass is 462 g/mol. The molecule has 3 rings (SSSR count). The number of halogens is 2. The minimum Gasteiger partial charge on any atom is -0.494 e. The van der Waals surface area contributed by atoms with E-state index in [2.05, 4.69) is 10.0 Å². The molecule has 9 heteroatoms. The van der Waals surface area contributed by atoms with Gasteiger partial charge in [0.25, 0.3) is 15.9 Å². The van der Waals surface area contributed by atoms with E-state index in [-0.39, 0.29) is 27.7 Å². The minimum absolute atomic E-state index is 0.0182. The Hall–Kier alpha value is -3.10. The number of hydrogen-bond donors (Lipinski definition) is 2. The second-order valence-electron chi connectivity index (χ2n) is 6.52. The zero-order valence-electron chi connectivity index (χ0n) is 16.6. The van der Waals surface area contributed by atoms with Gasteiger partial charge < -0.3 is 10.1 Å². The van der Waals surface area contributed by atoms with Crippen LogP contribution in [-0.4, -0.2) is 20.9 Å². The van der Waals surface area contributed by atoms with Crippen LogP contribution in [0.4, 0.5) is 10.1 Å². The Kier molecular flexibility index (Phi) is 7.14. The Morgan fingerprint density at radius 3 is 2.52 bits per heavy atom. The van der Waals surface area contributed by atoms with Gasteiger partial charge in [-0.05, 0) is 67.1 Å². The molecule has 0 atom stereocenters. The molecular formula is C22H20ClFN2O4S. The fraction of sp³-hybridized carbons (Fsp3) is 0.136. The summed E-state index contributed by atoms with van der Waals surface area (Å²) in [4.78, 5) is 12.5. The average molecular weight is 463 g/mol. The van der Waals surface area contributed by atoms with Gasteiger partial charge in [-0.2, -0.15) is 0 Å². The molecule has 0 heterocycles. The van der Waals surface area contributed by atoms with Crippen molar-refractivity contribution in [3.8, 4) is 5.75 Å². The highest BCUT2D eigenvalue weighted by atomic mass is 35.5. The van der Waals surface area contributed by atoms with Crippen molar-refractivity contribution >= 4 is 33.2 Å². The number of carbonyl (C=O) groups is 1. The molecular weight excluding hydrogens is 443 g/mol. The van der Waals surface area contributed by atoms with E-state index in [1.165, 1.54) is 30.3 Å². The number of benzene rings is 3. The van der Waals surface area contributed by atoms with Gasteiger partial charge in [0.2, 0.25) is 0 Å². The third kappa shape index (κ3) is 5.96. The lowest BCUT2D eigenvalue weighted by Gasteiger charge is -2.12. The summed E-state index contributed by atoms with van der Waals surface area (Å²) in [5.74, 6) is -0.321. The Balaban J connectivity index is 1.76. The molecule has 0 unspecified atom stereocenters. The Morgan fingerprint density at radius 1 is 1.06 bits per heavy atom. The van der Waals surface area contributed by atoms with Crippen molar-refractivity contribution in [3.63, 3.8) is 0 Å². The van der Waals surface area contributed by atoms with Crippen molar-refractivity contribution in [2.24, 2.45) is 0 Å². The van der Waals surface area contributed by atoms with Gasteiger partial charge in [-0.25, -0.2) is 12.8 Å². The third-order valence-electron chi connectivity index (χ3n) is 4.25. The lowest BCUT2D eigenvalue weighted by molar-refractivity contribution is 0.0950. The maximum absolute atomic E-state index is 13.0. The zero-order chi connectivity index (χ0) is 22.4. The van der Waals surface area contributed by atoms with Crippen molar-refractivity contribution in [1.82, 2.24) is 5.32 Å². The summed E-state index contributed by atoms with van der Waals surface area (Å²) in [6, 6.07) is 16.0. The van der Waals surface area contributed by atoms with Crippen LogP contribution in [0.2, 0.25) is 5.02 Å². The second-order valence-corrected chi connectivity index (χ2v) is 8.61. The largest absolute Gasteiger partial charge is 0.494 e. The third-order valence-corrected chi connectivity index (χ3v) is 5.96. The fourth-order valence-electron chi connectivity index (χ4n) is 2.77. The molecule has 1 amide bonds. The van der Waals surface area contributed by atoms with Crippen molar-refractivity contribution in [2.45, 2.75) is 18.4 Å². The Bertz CT molecular complexity index is 1180. The maximum atomic E-state index is 13.0. The molecule has 3 aromatic carbocycles. The number of carbonyl (C=O) groups excluding carboxylic acids is 1. The van der Waals surface area contributed by atoms with Crippen molar-refractivity contribution in [2.75, 3.05) is 11.3 Å². The van der Waals surface area contributed by atoms with Crippen molar-refractivity contribution in [3.05, 3.63) is 88.7 Å². The van der Waals surface area contributed by atoms with Crippen LogP contribution in [0.5, 0.6) is 5.75 Å². The van der Waals surface area contributed by atoms with Gasteiger partial charge in [-0.3, -0.25) is 9.52 Å². The molecule has 2 N–H and O–H groups in total. The number of ether oxygens (including phenoxy) is 1. The smallest absolute Gasteiger partial charge is 0.261 e. The standard InChI is InChI=1S/C22H20ClFN2O4S/c1-2-30-18-5-3-4-15(12-18)14-25-22(27)20-13-19(10-11-21(20)23)31(28,29)26-17-8-6-16(24)7-9-17/h3-13,26H,2,14H2,1H3,(H,25,27). The van der Waals surface area contributed by atoms with E-state index in [0.29, 0.717) is 12.4 Å². The van der Waals surface area contributed by atoms with Gasteiger partial charge in [-0.1, -0.05) is 23.7 Å². The molecule has 0 aliphatic rings.